The third kappa shape index (κ3) is 1.45. The molecule has 15 heavy (non-hydrogen) atoms. The molecule has 0 bridgehead atoms. The van der Waals surface area contributed by atoms with Crippen LogP contribution in [-0.4, -0.2) is 0 Å². The van der Waals surface area contributed by atoms with Crippen LogP contribution in [-0.2, 0) is 6.42 Å². The van der Waals surface area contributed by atoms with Gasteiger partial charge in [0, 0.05) is 22.3 Å². The molecule has 0 amide bonds. The summed E-state index contributed by atoms with van der Waals surface area (Å²) in [5.74, 6) is 0. The van der Waals surface area contributed by atoms with E-state index in [0.29, 0.717) is 0 Å². The maximum absolute atomic E-state index is 3.59. The molecule has 0 unspecified atom stereocenters. The highest BCUT2D eigenvalue weighted by Gasteiger charge is 2.15. The van der Waals surface area contributed by atoms with Crippen LogP contribution in [0, 0.1) is 0 Å². The van der Waals surface area contributed by atoms with Crippen LogP contribution in [0.4, 0.5) is 11.4 Å². The lowest BCUT2D eigenvalue weighted by Crippen LogP contribution is -2.06. The molecule has 2 aromatic rings. The van der Waals surface area contributed by atoms with Gasteiger partial charge in [0.05, 0.1) is 0 Å². The fourth-order valence-corrected chi connectivity index (χ4v) is 2.49. The number of fused-ring (bicyclic) bond motifs is 2. The largest absolute Gasteiger partial charge is 0.355 e. The Labute approximate surface area is 97.3 Å². The van der Waals surface area contributed by atoms with Crippen LogP contribution in [0.5, 0.6) is 0 Å². The Morgan fingerprint density at radius 1 is 0.933 bits per heavy atom. The molecule has 74 valence electrons. The van der Waals surface area contributed by atoms with Crippen LogP contribution in [0.1, 0.15) is 11.1 Å². The van der Waals surface area contributed by atoms with Crippen LogP contribution >= 0.6 is 15.9 Å². The summed E-state index contributed by atoms with van der Waals surface area (Å²) in [4.78, 5) is 0. The van der Waals surface area contributed by atoms with Gasteiger partial charge in [-0.3, -0.25) is 0 Å². The lowest BCUT2D eigenvalue weighted by molar-refractivity contribution is 1.15. The molecular weight excluding hydrogens is 250 g/mol. The van der Waals surface area contributed by atoms with Gasteiger partial charge < -0.3 is 5.32 Å². The van der Waals surface area contributed by atoms with Gasteiger partial charge in [-0.2, -0.15) is 0 Å². The van der Waals surface area contributed by atoms with Gasteiger partial charge in [-0.15, -0.1) is 0 Å². The second kappa shape index (κ2) is 3.38. The molecule has 2 heteroatoms. The van der Waals surface area contributed by atoms with Crippen LogP contribution in [0.3, 0.4) is 0 Å². The molecule has 1 nitrogen and oxygen atoms in total. The first-order chi connectivity index (χ1) is 7.34. The first-order valence-corrected chi connectivity index (χ1v) is 5.76. The Balaban J connectivity index is 2.15. The molecule has 0 spiro atoms. The number of halogens is 1. The molecule has 1 aliphatic heterocycles. The van der Waals surface area contributed by atoms with Gasteiger partial charge in [-0.1, -0.05) is 40.2 Å². The van der Waals surface area contributed by atoms with Crippen molar-refractivity contribution in [2.45, 2.75) is 6.42 Å². The SMILES string of the molecule is Brc1cccc2c1Cc1ccccc1N2. The molecule has 0 fully saturated rings. The second-order valence-corrected chi connectivity index (χ2v) is 4.58. The van der Waals surface area contributed by atoms with Gasteiger partial charge in [0.1, 0.15) is 0 Å². The molecule has 0 aromatic heterocycles. The predicted octanol–water partition coefficient (Wildman–Crippen LogP) is 4.10. The quantitative estimate of drug-likeness (QED) is 0.641. The Morgan fingerprint density at radius 3 is 2.67 bits per heavy atom. The number of hydrogen-bond donors (Lipinski definition) is 1. The van der Waals surface area contributed by atoms with E-state index < -0.39 is 0 Å². The minimum atomic E-state index is 1.000. The highest BCUT2D eigenvalue weighted by Crippen LogP contribution is 2.36. The van der Waals surface area contributed by atoms with Gasteiger partial charge in [0.2, 0.25) is 0 Å². The number of anilines is 2. The van der Waals surface area contributed by atoms with E-state index >= 15 is 0 Å². The highest BCUT2D eigenvalue weighted by atomic mass is 79.9. The Morgan fingerprint density at radius 2 is 1.73 bits per heavy atom. The first kappa shape index (κ1) is 8.98. The fourth-order valence-electron chi connectivity index (χ4n) is 1.99. The van der Waals surface area contributed by atoms with Gasteiger partial charge in [-0.05, 0) is 29.3 Å². The molecule has 0 radical (unpaired) electrons. The van der Waals surface area contributed by atoms with Crippen molar-refractivity contribution in [3.63, 3.8) is 0 Å². The van der Waals surface area contributed by atoms with E-state index in [4.69, 9.17) is 0 Å². The van der Waals surface area contributed by atoms with Crippen molar-refractivity contribution in [2.24, 2.45) is 0 Å². The van der Waals surface area contributed by atoms with Gasteiger partial charge in [-0.25, -0.2) is 0 Å². The van der Waals surface area contributed by atoms with Gasteiger partial charge in [0.25, 0.3) is 0 Å². The molecule has 2 aromatic carbocycles. The zero-order chi connectivity index (χ0) is 10.3. The lowest BCUT2D eigenvalue weighted by Gasteiger charge is -2.22. The van der Waals surface area contributed by atoms with Crippen molar-refractivity contribution >= 4 is 27.3 Å². The second-order valence-electron chi connectivity index (χ2n) is 3.72. The molecule has 1 heterocycles. The normalized spacial score (nSPS) is 12.6. The van der Waals surface area contributed by atoms with Crippen molar-refractivity contribution in [3.8, 4) is 0 Å². The molecule has 0 aliphatic carbocycles. The summed E-state index contributed by atoms with van der Waals surface area (Å²) in [5.41, 5.74) is 5.14. The van der Waals surface area contributed by atoms with E-state index in [1.165, 1.54) is 27.0 Å². The monoisotopic (exact) mass is 259 g/mol. The Hall–Kier alpha value is -1.28. The van der Waals surface area contributed by atoms with Crippen LogP contribution in [0.25, 0.3) is 0 Å². The molecule has 1 N–H and O–H groups in total. The zero-order valence-corrected chi connectivity index (χ0v) is 9.71. The minimum absolute atomic E-state index is 1.000. The fraction of sp³-hybridized carbons (Fsp3) is 0.0769. The summed E-state index contributed by atoms with van der Waals surface area (Å²) < 4.78 is 1.18. The van der Waals surface area contributed by atoms with Crippen molar-refractivity contribution in [3.05, 3.63) is 58.1 Å². The Bertz CT molecular complexity index is 520. The lowest BCUT2D eigenvalue weighted by atomic mass is 9.97. The summed E-state index contributed by atoms with van der Waals surface area (Å²) in [7, 11) is 0. The van der Waals surface area contributed by atoms with Crippen LogP contribution in [0.2, 0.25) is 0 Å². The number of hydrogen-bond acceptors (Lipinski definition) is 1. The summed E-state index contributed by atoms with van der Waals surface area (Å²) in [6, 6.07) is 14.7. The van der Waals surface area contributed by atoms with E-state index in [2.05, 4.69) is 63.7 Å². The molecule has 0 saturated heterocycles. The third-order valence-corrected chi connectivity index (χ3v) is 3.52. The van der Waals surface area contributed by atoms with E-state index in [0.717, 1.165) is 6.42 Å². The summed E-state index contributed by atoms with van der Waals surface area (Å²) in [6.07, 6.45) is 1.000. The van der Waals surface area contributed by atoms with Gasteiger partial charge in [0.15, 0.2) is 0 Å². The average Bonchev–Trinajstić information content (AvgIpc) is 2.27. The number of para-hydroxylation sites is 1. The predicted molar refractivity (Wildman–Crippen MR) is 66.7 cm³/mol. The van der Waals surface area contributed by atoms with Crippen LogP contribution < -0.4 is 5.32 Å². The van der Waals surface area contributed by atoms with E-state index in [9.17, 15) is 0 Å². The molecular formula is C13H10BrN. The Kier molecular flexibility index (Phi) is 2.03. The van der Waals surface area contributed by atoms with E-state index in [1.807, 2.05) is 0 Å². The maximum Gasteiger partial charge on any atom is 0.0431 e. The summed E-state index contributed by atoms with van der Waals surface area (Å²) >= 11 is 3.59. The molecule has 3 rings (SSSR count). The standard InChI is InChI=1S/C13H10BrN/c14-11-5-3-7-13-10(11)8-9-4-1-2-6-12(9)15-13/h1-7,15H,8H2. The van der Waals surface area contributed by atoms with E-state index in [1.54, 1.807) is 0 Å². The highest BCUT2D eigenvalue weighted by molar-refractivity contribution is 9.10. The van der Waals surface area contributed by atoms with Crippen molar-refractivity contribution in [1.29, 1.82) is 0 Å². The third-order valence-electron chi connectivity index (χ3n) is 2.77. The maximum atomic E-state index is 3.59. The average molecular weight is 260 g/mol. The molecule has 0 saturated carbocycles. The zero-order valence-electron chi connectivity index (χ0n) is 8.13. The first-order valence-electron chi connectivity index (χ1n) is 4.97. The summed E-state index contributed by atoms with van der Waals surface area (Å²) in [5, 5.41) is 3.45. The minimum Gasteiger partial charge on any atom is -0.355 e. The molecule has 1 aliphatic rings. The smallest absolute Gasteiger partial charge is 0.0431 e. The van der Waals surface area contributed by atoms with Crippen molar-refractivity contribution < 1.29 is 0 Å². The molecule has 0 atom stereocenters. The number of benzene rings is 2. The topological polar surface area (TPSA) is 12.0 Å². The summed E-state index contributed by atoms with van der Waals surface area (Å²) in [6.45, 7) is 0. The van der Waals surface area contributed by atoms with Gasteiger partial charge >= 0.3 is 0 Å². The van der Waals surface area contributed by atoms with Crippen molar-refractivity contribution in [2.75, 3.05) is 5.32 Å². The van der Waals surface area contributed by atoms with Crippen molar-refractivity contribution in [1.82, 2.24) is 0 Å². The van der Waals surface area contributed by atoms with Crippen LogP contribution in [0.15, 0.2) is 46.9 Å². The number of rotatable bonds is 0. The number of nitrogens with one attached hydrogen (secondary N) is 1. The van der Waals surface area contributed by atoms with E-state index in [-0.39, 0.29) is 0 Å².